The number of carboxylic acids is 1. The second-order valence-electron chi connectivity index (χ2n) is 4.05. The predicted octanol–water partition coefficient (Wildman–Crippen LogP) is 2.57. The van der Waals surface area contributed by atoms with Crippen LogP contribution in [0.1, 0.15) is 20.0 Å². The maximum Gasteiger partial charge on any atom is 0.345 e. The zero-order valence-corrected chi connectivity index (χ0v) is 10.9. The van der Waals surface area contributed by atoms with Gasteiger partial charge in [0, 0.05) is 5.56 Å². The molecule has 20 heavy (non-hydrogen) atoms. The Morgan fingerprint density at radius 1 is 1.25 bits per heavy atom. The molecule has 1 amide bonds. The number of aromatic carboxylic acids is 1. The minimum Gasteiger partial charge on any atom is -0.477 e. The van der Waals surface area contributed by atoms with Crippen LogP contribution in [0.25, 0.3) is 10.2 Å². The van der Waals surface area contributed by atoms with Crippen LogP contribution in [0.4, 0.5) is 5.82 Å². The first-order valence-corrected chi connectivity index (χ1v) is 6.54. The zero-order valence-electron chi connectivity index (χ0n) is 10.1. The van der Waals surface area contributed by atoms with Gasteiger partial charge in [0.1, 0.15) is 15.5 Å². The molecule has 0 saturated carbocycles. The average Bonchev–Trinajstić information content (AvgIpc) is 3.02. The number of thiophene rings is 1. The number of aromatic amines is 1. The fourth-order valence-electron chi connectivity index (χ4n) is 1.79. The molecule has 3 N–H and O–H groups in total. The van der Waals surface area contributed by atoms with Crippen LogP contribution in [0.15, 0.2) is 36.4 Å². The van der Waals surface area contributed by atoms with E-state index >= 15 is 0 Å². The highest BCUT2D eigenvalue weighted by molar-refractivity contribution is 7.20. The molecular formula is C13H9N3O3S. The SMILES string of the molecule is O=C(Nc1[nH]nc2sc(C(=O)O)cc12)c1ccccc1. The molecule has 6 nitrogen and oxygen atoms in total. The van der Waals surface area contributed by atoms with Gasteiger partial charge in [0.2, 0.25) is 0 Å². The molecule has 0 bridgehead atoms. The average molecular weight is 287 g/mol. The Morgan fingerprint density at radius 2 is 2.00 bits per heavy atom. The van der Waals surface area contributed by atoms with Crippen molar-refractivity contribution in [2.24, 2.45) is 0 Å². The molecule has 0 saturated heterocycles. The van der Waals surface area contributed by atoms with Crippen LogP contribution in [-0.2, 0) is 0 Å². The van der Waals surface area contributed by atoms with E-state index in [-0.39, 0.29) is 10.8 Å². The molecule has 0 radical (unpaired) electrons. The van der Waals surface area contributed by atoms with E-state index in [1.54, 1.807) is 24.3 Å². The van der Waals surface area contributed by atoms with Crippen molar-refractivity contribution < 1.29 is 14.7 Å². The molecule has 7 heteroatoms. The summed E-state index contributed by atoms with van der Waals surface area (Å²) in [4.78, 5) is 23.7. The van der Waals surface area contributed by atoms with Gasteiger partial charge in [0.25, 0.3) is 5.91 Å². The van der Waals surface area contributed by atoms with Gasteiger partial charge in [-0.2, -0.15) is 5.10 Å². The van der Waals surface area contributed by atoms with Crippen LogP contribution in [0.3, 0.4) is 0 Å². The molecule has 2 heterocycles. The Kier molecular flexibility index (Phi) is 2.96. The van der Waals surface area contributed by atoms with Crippen LogP contribution in [-0.4, -0.2) is 27.2 Å². The first-order chi connectivity index (χ1) is 9.65. The van der Waals surface area contributed by atoms with Gasteiger partial charge in [0.05, 0.1) is 5.39 Å². The van der Waals surface area contributed by atoms with Crippen LogP contribution < -0.4 is 5.32 Å². The summed E-state index contributed by atoms with van der Waals surface area (Å²) in [5.74, 6) is -0.884. The Bertz CT molecular complexity index is 792. The number of nitrogens with one attached hydrogen (secondary N) is 2. The number of carboxylic acid groups (broad SMARTS) is 1. The Hall–Kier alpha value is -2.67. The molecule has 0 aliphatic carbocycles. The number of hydrogen-bond donors (Lipinski definition) is 3. The number of fused-ring (bicyclic) bond motifs is 1. The highest BCUT2D eigenvalue weighted by Gasteiger charge is 2.16. The third-order valence-corrected chi connectivity index (χ3v) is 3.75. The Morgan fingerprint density at radius 3 is 2.70 bits per heavy atom. The van der Waals surface area contributed by atoms with E-state index in [1.165, 1.54) is 6.07 Å². The Labute approximate surface area is 117 Å². The maximum atomic E-state index is 12.0. The highest BCUT2D eigenvalue weighted by Crippen LogP contribution is 2.29. The zero-order chi connectivity index (χ0) is 14.1. The normalized spacial score (nSPS) is 10.6. The number of amides is 1. The molecule has 3 rings (SSSR count). The molecule has 1 aromatic carbocycles. The van der Waals surface area contributed by atoms with Gasteiger partial charge in [-0.15, -0.1) is 11.3 Å². The van der Waals surface area contributed by atoms with Gasteiger partial charge in [-0.1, -0.05) is 18.2 Å². The lowest BCUT2D eigenvalue weighted by atomic mass is 10.2. The van der Waals surface area contributed by atoms with Crippen molar-refractivity contribution in [1.82, 2.24) is 10.2 Å². The monoisotopic (exact) mass is 287 g/mol. The molecule has 0 unspecified atom stereocenters. The first kappa shape index (κ1) is 12.4. The van der Waals surface area contributed by atoms with E-state index < -0.39 is 5.97 Å². The van der Waals surface area contributed by atoms with E-state index in [2.05, 4.69) is 15.5 Å². The summed E-state index contributed by atoms with van der Waals surface area (Å²) in [7, 11) is 0. The van der Waals surface area contributed by atoms with Crippen LogP contribution in [0, 0.1) is 0 Å². The molecule has 0 aliphatic heterocycles. The Balaban J connectivity index is 1.91. The lowest BCUT2D eigenvalue weighted by Gasteiger charge is -2.02. The number of carbonyl (C=O) groups excluding carboxylic acids is 1. The molecular weight excluding hydrogens is 278 g/mol. The summed E-state index contributed by atoms with van der Waals surface area (Å²) in [6.07, 6.45) is 0. The van der Waals surface area contributed by atoms with E-state index in [4.69, 9.17) is 5.11 Å². The third-order valence-electron chi connectivity index (χ3n) is 2.74. The van der Waals surface area contributed by atoms with Gasteiger partial charge in [-0.3, -0.25) is 9.89 Å². The van der Waals surface area contributed by atoms with E-state index in [0.717, 1.165) is 11.3 Å². The molecule has 0 fully saturated rings. The van der Waals surface area contributed by atoms with E-state index in [1.807, 2.05) is 6.07 Å². The smallest absolute Gasteiger partial charge is 0.345 e. The summed E-state index contributed by atoms with van der Waals surface area (Å²) in [6.45, 7) is 0. The van der Waals surface area contributed by atoms with Crippen LogP contribution in [0.5, 0.6) is 0 Å². The molecule has 0 aliphatic rings. The second-order valence-corrected chi connectivity index (χ2v) is 5.08. The van der Waals surface area contributed by atoms with Crippen molar-refractivity contribution in [2.45, 2.75) is 0 Å². The van der Waals surface area contributed by atoms with Gasteiger partial charge in [0.15, 0.2) is 0 Å². The molecule has 3 aromatic rings. The molecule has 100 valence electrons. The van der Waals surface area contributed by atoms with Crippen molar-refractivity contribution in [2.75, 3.05) is 5.32 Å². The number of nitrogens with zero attached hydrogens (tertiary/aromatic N) is 1. The summed E-state index contributed by atoms with van der Waals surface area (Å²) >= 11 is 1.06. The van der Waals surface area contributed by atoms with Gasteiger partial charge >= 0.3 is 5.97 Å². The number of aromatic nitrogens is 2. The van der Waals surface area contributed by atoms with Crippen LogP contribution in [0.2, 0.25) is 0 Å². The van der Waals surface area contributed by atoms with Gasteiger partial charge in [-0.05, 0) is 18.2 Å². The summed E-state index contributed by atoms with van der Waals surface area (Å²) < 4.78 is 0. The predicted molar refractivity (Wildman–Crippen MR) is 75.3 cm³/mol. The van der Waals surface area contributed by atoms with Gasteiger partial charge in [-0.25, -0.2) is 4.79 Å². The molecule has 0 atom stereocenters. The van der Waals surface area contributed by atoms with Crippen LogP contribution >= 0.6 is 11.3 Å². The number of carbonyl (C=O) groups is 2. The van der Waals surface area contributed by atoms with Gasteiger partial charge < -0.3 is 10.4 Å². The fraction of sp³-hybridized carbons (Fsp3) is 0. The number of hydrogen-bond acceptors (Lipinski definition) is 4. The topological polar surface area (TPSA) is 95.1 Å². The van der Waals surface area contributed by atoms with E-state index in [9.17, 15) is 9.59 Å². The summed E-state index contributed by atoms with van der Waals surface area (Å²) in [6, 6.07) is 10.2. The number of H-pyrrole nitrogens is 1. The van der Waals surface area contributed by atoms with Crippen molar-refractivity contribution in [3.05, 3.63) is 46.8 Å². The standard InChI is InChI=1S/C13H9N3O3S/c17-11(7-4-2-1-3-5-7)14-10-8-6-9(13(18)19)20-12(8)16-15-10/h1-6H,(H,18,19)(H2,14,15,16,17). The van der Waals surface area contributed by atoms with Crippen molar-refractivity contribution in [1.29, 1.82) is 0 Å². The summed E-state index contributed by atoms with van der Waals surface area (Å²) in [5, 5.41) is 18.9. The number of benzene rings is 1. The van der Waals surface area contributed by atoms with Crippen molar-refractivity contribution in [3.8, 4) is 0 Å². The number of rotatable bonds is 3. The fourth-order valence-corrected chi connectivity index (χ4v) is 2.62. The summed E-state index contributed by atoms with van der Waals surface area (Å²) in [5.41, 5.74) is 0.518. The first-order valence-electron chi connectivity index (χ1n) is 5.73. The lowest BCUT2D eigenvalue weighted by molar-refractivity contribution is 0.0702. The maximum absolute atomic E-state index is 12.0. The highest BCUT2D eigenvalue weighted by atomic mass is 32.1. The van der Waals surface area contributed by atoms with Crippen molar-refractivity contribution in [3.63, 3.8) is 0 Å². The number of anilines is 1. The molecule has 2 aromatic heterocycles. The van der Waals surface area contributed by atoms with E-state index in [0.29, 0.717) is 21.6 Å². The van der Waals surface area contributed by atoms with Crippen molar-refractivity contribution >= 4 is 39.2 Å². The lowest BCUT2D eigenvalue weighted by Crippen LogP contribution is -2.12. The third kappa shape index (κ3) is 2.14. The minimum absolute atomic E-state index is 0.187. The second kappa shape index (κ2) is 4.78. The quantitative estimate of drug-likeness (QED) is 0.690. The largest absolute Gasteiger partial charge is 0.477 e. The molecule has 0 spiro atoms. The minimum atomic E-state index is -1.01.